The van der Waals surface area contributed by atoms with Gasteiger partial charge in [-0.2, -0.15) is 0 Å². The maximum absolute atomic E-state index is 16.0. The second-order valence-electron chi connectivity index (χ2n) is 25.1. The first kappa shape index (κ1) is 51.6. The number of aromatic nitrogens is 2. The first-order valence-electron chi connectivity index (χ1n) is 27.0. The lowest BCUT2D eigenvalue weighted by Crippen LogP contribution is -2.67. The van der Waals surface area contributed by atoms with Gasteiger partial charge in [0.05, 0.1) is 48.4 Å². The maximum atomic E-state index is 16.0. The Morgan fingerprint density at radius 2 is 1.54 bits per heavy atom. The molecule has 0 radical (unpaired) electrons. The average molecular weight is 988 g/mol. The van der Waals surface area contributed by atoms with Crippen LogP contribution in [0.2, 0.25) is 0 Å². The number of amides is 1. The molecule has 11 nitrogen and oxygen atoms in total. The zero-order valence-electron chi connectivity index (χ0n) is 44.0. The maximum Gasteiger partial charge on any atom is 0.332 e. The highest BCUT2D eigenvalue weighted by atomic mass is 31.2. The van der Waals surface area contributed by atoms with Crippen molar-refractivity contribution in [1.82, 2.24) is 14.5 Å². The van der Waals surface area contributed by atoms with Crippen molar-refractivity contribution >= 4 is 25.4 Å². The van der Waals surface area contributed by atoms with Gasteiger partial charge < -0.3 is 28.4 Å². The van der Waals surface area contributed by atoms with Crippen LogP contribution < -0.4 is 0 Å². The standard InChI is InChI=1S/C57H83FN3O8P/c1-12-67-70(66,68-13-2)32-31-60-34-42(36-16-18-37(58)19-17-36)59-48(60)43-15-14-30-61(43)51(65)57-27-22-38(35(3)4)47(57)39-20-21-45-54(9)25-24-46(69-50(64)41-33-40(49(62)63)52(41,5)6)53(7,8)44(54)23-26-56(45,11)55(39,10)28-29-57/h16-19,34,38-41,43-47H,3,12-15,20-33H2,1-2,4-11H3,(H,62,63)/t38-,39?,40-,41+,43-,44-,45+,46-,47+,54-,55+,56?,57?/m0/s1. The first-order valence-corrected chi connectivity index (χ1v) is 28.8. The molecule has 2 heterocycles. The van der Waals surface area contributed by atoms with Crippen LogP contribution in [0.5, 0.6) is 0 Å². The Balaban J connectivity index is 0.988. The lowest BCUT2D eigenvalue weighted by Gasteiger charge is -2.73. The van der Waals surface area contributed by atoms with Gasteiger partial charge in [0.15, 0.2) is 0 Å². The van der Waals surface area contributed by atoms with Gasteiger partial charge in [-0.25, -0.2) is 9.37 Å². The zero-order chi connectivity index (χ0) is 50.6. The molecule has 386 valence electrons. The van der Waals surface area contributed by atoms with Crippen LogP contribution in [0, 0.1) is 79.7 Å². The SMILES string of the molecule is C=C(C)[C@@H]1CCC2(C(=O)N3CCC[C@H]3c3nc(-c4ccc(F)cc4)cn3CCP(=O)(OCC)OCC)CC[C@]3(C)C(CC[C@H]4C3(C)CC[C@H]3C(C)(C)[C@@H](OC(=O)[C@H]5C[C@@H](C(=O)O)C5(C)C)CC[C@@]34C)[C@@H]12. The minimum absolute atomic E-state index is 0.0140. The van der Waals surface area contributed by atoms with Gasteiger partial charge in [-0.3, -0.25) is 18.9 Å². The summed E-state index contributed by atoms with van der Waals surface area (Å²) in [5.41, 5.74) is 1.40. The number of likely N-dealkylation sites (tertiary alicyclic amines) is 1. The lowest BCUT2D eigenvalue weighted by molar-refractivity contribution is -0.251. The molecule has 0 bridgehead atoms. The number of fused-ring (bicyclic) bond motifs is 7. The summed E-state index contributed by atoms with van der Waals surface area (Å²) in [5.74, 6) is 0.379. The fourth-order valence-corrected chi connectivity index (χ4v) is 19.2. The normalized spacial score (nSPS) is 38.4. The number of aryl methyl sites for hydroxylation is 1. The number of benzene rings is 1. The van der Waals surface area contributed by atoms with Crippen LogP contribution in [0.25, 0.3) is 11.3 Å². The van der Waals surface area contributed by atoms with E-state index in [0.717, 1.165) is 88.4 Å². The molecule has 6 saturated carbocycles. The minimum Gasteiger partial charge on any atom is -0.481 e. The molecule has 1 N–H and O–H groups in total. The topological polar surface area (TPSA) is 137 Å². The van der Waals surface area contributed by atoms with Gasteiger partial charge >= 0.3 is 19.5 Å². The van der Waals surface area contributed by atoms with Crippen LogP contribution in [0.1, 0.15) is 165 Å². The first-order chi connectivity index (χ1) is 32.9. The molecule has 13 heteroatoms. The third-order valence-electron chi connectivity index (χ3n) is 21.6. The number of imidazole rings is 1. The fraction of sp³-hybridized carbons (Fsp3) is 0.754. The van der Waals surface area contributed by atoms with Crippen LogP contribution in [0.4, 0.5) is 4.39 Å². The summed E-state index contributed by atoms with van der Waals surface area (Å²) in [5, 5.41) is 9.76. The predicted octanol–water partition coefficient (Wildman–Crippen LogP) is 12.9. The van der Waals surface area contributed by atoms with E-state index in [-0.39, 0.29) is 82.7 Å². The smallest absolute Gasteiger partial charge is 0.332 e. The average Bonchev–Trinajstić information content (AvgIpc) is 4.05. The molecule has 2 aromatic rings. The summed E-state index contributed by atoms with van der Waals surface area (Å²) >= 11 is 0. The molecule has 13 atom stereocenters. The molecule has 6 aliphatic carbocycles. The van der Waals surface area contributed by atoms with E-state index < -0.39 is 36.2 Å². The molecule has 1 amide bonds. The van der Waals surface area contributed by atoms with Crippen molar-refractivity contribution in [3.8, 4) is 11.3 Å². The number of halogens is 1. The molecule has 1 aromatic heterocycles. The van der Waals surface area contributed by atoms with E-state index in [1.54, 1.807) is 12.1 Å². The molecule has 0 spiro atoms. The Kier molecular flexibility index (Phi) is 13.4. The molecule has 70 heavy (non-hydrogen) atoms. The van der Waals surface area contributed by atoms with Crippen LogP contribution in [0.15, 0.2) is 42.6 Å². The van der Waals surface area contributed by atoms with E-state index in [0.29, 0.717) is 43.0 Å². The van der Waals surface area contributed by atoms with Crippen LogP contribution >= 0.6 is 7.60 Å². The Bertz CT molecular complexity index is 2410. The predicted molar refractivity (Wildman–Crippen MR) is 269 cm³/mol. The molecule has 3 unspecified atom stereocenters. The van der Waals surface area contributed by atoms with Crippen molar-refractivity contribution in [1.29, 1.82) is 0 Å². The molecule has 1 aliphatic heterocycles. The quantitative estimate of drug-likeness (QED) is 0.111. The molecule has 9 rings (SSSR count). The van der Waals surface area contributed by atoms with Crippen molar-refractivity contribution in [2.24, 2.45) is 73.9 Å². The highest BCUT2D eigenvalue weighted by molar-refractivity contribution is 7.53. The van der Waals surface area contributed by atoms with E-state index in [9.17, 15) is 23.7 Å². The Labute approximate surface area is 417 Å². The van der Waals surface area contributed by atoms with Gasteiger partial charge in [-0.1, -0.05) is 60.6 Å². The van der Waals surface area contributed by atoms with Crippen LogP contribution in [-0.2, 0) is 39.3 Å². The number of allylic oxidation sites excluding steroid dienone is 1. The largest absolute Gasteiger partial charge is 0.481 e. The van der Waals surface area contributed by atoms with Gasteiger partial charge in [-0.15, -0.1) is 0 Å². The van der Waals surface area contributed by atoms with Crippen molar-refractivity contribution in [3.05, 3.63) is 54.3 Å². The van der Waals surface area contributed by atoms with Gasteiger partial charge in [0, 0.05) is 30.3 Å². The number of rotatable bonds is 14. The molecular weight excluding hydrogens is 905 g/mol. The summed E-state index contributed by atoms with van der Waals surface area (Å²) in [7, 11) is -3.39. The second kappa shape index (κ2) is 18.2. The Hall–Kier alpha value is -3.34. The summed E-state index contributed by atoms with van der Waals surface area (Å²) in [6.07, 6.45) is 13.7. The number of aliphatic carboxylic acids is 1. The van der Waals surface area contributed by atoms with Crippen LogP contribution in [0.3, 0.4) is 0 Å². The van der Waals surface area contributed by atoms with Gasteiger partial charge in [0.2, 0.25) is 5.91 Å². The monoisotopic (exact) mass is 988 g/mol. The second-order valence-corrected chi connectivity index (χ2v) is 27.3. The van der Waals surface area contributed by atoms with Crippen molar-refractivity contribution in [2.45, 2.75) is 171 Å². The number of esters is 1. The van der Waals surface area contributed by atoms with E-state index in [1.807, 2.05) is 38.5 Å². The van der Waals surface area contributed by atoms with Gasteiger partial charge in [-0.05, 0) is 180 Å². The number of carbonyl (C=O) groups is 3. The zero-order valence-corrected chi connectivity index (χ0v) is 44.9. The van der Waals surface area contributed by atoms with E-state index >= 15 is 4.79 Å². The number of hydrogen-bond donors (Lipinski definition) is 1. The summed E-state index contributed by atoms with van der Waals surface area (Å²) in [6.45, 7) is 28.2. The van der Waals surface area contributed by atoms with E-state index in [4.69, 9.17) is 18.8 Å². The van der Waals surface area contributed by atoms with Crippen molar-refractivity contribution in [3.63, 3.8) is 0 Å². The van der Waals surface area contributed by atoms with Gasteiger partial charge in [0.1, 0.15) is 17.7 Å². The van der Waals surface area contributed by atoms with Gasteiger partial charge in [0.25, 0.3) is 0 Å². The molecule has 1 saturated heterocycles. The number of carboxylic acids is 1. The summed E-state index contributed by atoms with van der Waals surface area (Å²) < 4.78 is 47.9. The third kappa shape index (κ3) is 7.94. The lowest BCUT2D eigenvalue weighted by atomic mass is 9.32. The van der Waals surface area contributed by atoms with E-state index in [2.05, 4.69) is 53.0 Å². The fourth-order valence-electron chi connectivity index (χ4n) is 17.7. The Morgan fingerprint density at radius 3 is 2.19 bits per heavy atom. The van der Waals surface area contributed by atoms with Crippen molar-refractivity contribution in [2.75, 3.05) is 25.9 Å². The number of carboxylic acid groups (broad SMARTS) is 1. The number of hydrogen-bond acceptors (Lipinski definition) is 8. The molecule has 1 aromatic carbocycles. The van der Waals surface area contributed by atoms with Crippen LogP contribution in [-0.4, -0.2) is 69.4 Å². The number of carbonyl (C=O) groups excluding carboxylic acids is 2. The molecular formula is C57H83FN3O8P. The highest BCUT2D eigenvalue weighted by Gasteiger charge is 2.73. The third-order valence-corrected chi connectivity index (χ3v) is 23.6. The summed E-state index contributed by atoms with van der Waals surface area (Å²) in [6, 6.07) is 6.08. The van der Waals surface area contributed by atoms with E-state index in [1.165, 1.54) is 17.7 Å². The number of ether oxygens (including phenoxy) is 1. The minimum atomic E-state index is -3.39. The highest BCUT2D eigenvalue weighted by Crippen LogP contribution is 2.78. The van der Waals surface area contributed by atoms with Crippen molar-refractivity contribution < 1.29 is 42.2 Å². The molecule has 7 aliphatic rings. The Morgan fingerprint density at radius 1 is 0.843 bits per heavy atom. The summed E-state index contributed by atoms with van der Waals surface area (Å²) in [4.78, 5) is 49.1. The number of nitrogens with zero attached hydrogens (tertiary/aromatic N) is 3. The molecule has 7 fully saturated rings.